The number of anilines is 9. The van der Waals surface area contributed by atoms with Crippen molar-refractivity contribution in [3.05, 3.63) is 424 Å². The van der Waals surface area contributed by atoms with Crippen LogP contribution in [0.2, 0.25) is 0 Å². The largest absolute Gasteiger partial charge is 0.489 e. The van der Waals surface area contributed by atoms with Gasteiger partial charge in [0.2, 0.25) is 0 Å². The van der Waals surface area contributed by atoms with Crippen molar-refractivity contribution in [3.63, 3.8) is 0 Å². The van der Waals surface area contributed by atoms with Crippen LogP contribution in [0.15, 0.2) is 424 Å². The summed E-state index contributed by atoms with van der Waals surface area (Å²) in [4.78, 5) is 8.04. The van der Waals surface area contributed by atoms with E-state index < -0.39 is 45.6 Å². The minimum absolute atomic E-state index is 0.431. The molecular formula is C91H73B3N6Si3. The Morgan fingerprint density at radius 1 is 0.262 bits per heavy atom. The summed E-state index contributed by atoms with van der Waals surface area (Å²) in [5, 5.41) is 15.7. The molecule has 103 heavy (non-hydrogen) atoms. The van der Waals surface area contributed by atoms with Gasteiger partial charge in [-0.3, -0.25) is 0 Å². The third kappa shape index (κ3) is 9.91. The van der Waals surface area contributed by atoms with Crippen LogP contribution < -0.4 is 85.7 Å². The number of fused-ring (bicyclic) bond motifs is 12. The highest BCUT2D eigenvalue weighted by Gasteiger charge is 2.70. The molecule has 0 N–H and O–H groups in total. The smallest absolute Gasteiger partial charge is 0.382 e. The fourth-order valence-corrected chi connectivity index (χ4v) is 32.3. The monoisotopic (exact) mass is 1370 g/mol. The first-order valence-corrected chi connectivity index (χ1v) is 41.8. The van der Waals surface area contributed by atoms with Gasteiger partial charge in [0.1, 0.15) is 0 Å². The zero-order valence-corrected chi connectivity index (χ0v) is 60.4. The average molecular weight is 1370 g/mol. The normalized spacial score (nSPS) is 14.0. The van der Waals surface area contributed by atoms with Crippen molar-refractivity contribution >= 4 is 154 Å². The van der Waals surface area contributed by atoms with E-state index in [1.807, 2.05) is 6.08 Å². The van der Waals surface area contributed by atoms with Crippen molar-refractivity contribution in [3.8, 4) is 0 Å². The highest BCUT2D eigenvalue weighted by molar-refractivity contribution is 7.21. The molecule has 14 aromatic rings. The topological polar surface area (TPSA) is 19.4 Å². The van der Waals surface area contributed by atoms with Crippen LogP contribution in [0, 0.1) is 0 Å². The summed E-state index contributed by atoms with van der Waals surface area (Å²) in [6.45, 7) is 6.51. The number of hydrogen-bond acceptors (Lipinski definition) is 6. The molecule has 0 radical (unpaired) electrons. The Labute approximate surface area is 609 Å². The van der Waals surface area contributed by atoms with Crippen LogP contribution in [0.5, 0.6) is 0 Å². The van der Waals surface area contributed by atoms with Crippen molar-refractivity contribution in [2.45, 2.75) is 6.92 Å². The Balaban J connectivity index is 0.907. The molecule has 14 aromatic carbocycles. The van der Waals surface area contributed by atoms with E-state index in [0.717, 1.165) is 51.2 Å². The molecule has 0 atom stereocenters. The summed E-state index contributed by atoms with van der Waals surface area (Å²) in [6, 6.07) is 147. The Kier molecular flexibility index (Phi) is 16.2. The van der Waals surface area contributed by atoms with E-state index in [-0.39, 0.29) is 0 Å². The maximum atomic E-state index is 4.38. The first kappa shape index (κ1) is 63.1. The number of hydrogen-bond donors (Lipinski definition) is 0. The fraction of sp³-hybridized carbons (Fsp3) is 0.0110. The predicted octanol–water partition coefficient (Wildman–Crippen LogP) is 13.4. The van der Waals surface area contributed by atoms with E-state index in [1.165, 1.54) is 62.3 Å². The average Bonchev–Trinajstić information content (AvgIpc) is 1.51. The minimum atomic E-state index is -3.13. The molecule has 6 nitrogen and oxygen atoms in total. The van der Waals surface area contributed by atoms with E-state index in [1.54, 1.807) is 0 Å². The Hall–Kier alpha value is -12.1. The number of rotatable bonds is 17. The standard InChI is InChI=1S/C91H73B3N6Si3/c1-3-38-74(39-4-2)101(75-43-13-5-14-44-75,76-45-15-6-16-46-76)83-59-35-40-71(68-83)95-86-62-29-32-65-89(86)98-92(95)99-90-66-33-30-63-87(90)96(72-41-36-60-84(69-72)102(77-47-17-7-18-48-77,78-49-19-8-20-50-78)79-51-21-9-22-52-79)94(99)100-91-67-34-31-64-88(91)97(93(98)100)73-42-37-61-85(70-73)103(80-53-23-10-24-54-80,81-55-25-11-26-56-81)82-57-27-12-28-58-82/h3-70H,1H2,2H3/b39-4-,74-38+. The molecule has 1 saturated heterocycles. The van der Waals surface area contributed by atoms with Crippen molar-refractivity contribution in [1.82, 2.24) is 0 Å². The Bertz CT molecular complexity index is 5060. The summed E-state index contributed by atoms with van der Waals surface area (Å²) in [5.74, 6) is 0. The molecular weight excluding hydrogens is 1290 g/mol. The zero-order valence-electron chi connectivity index (χ0n) is 57.4. The molecule has 4 aliphatic heterocycles. The molecule has 0 spiro atoms. The summed E-state index contributed by atoms with van der Waals surface area (Å²) < 4.78 is 8.25. The van der Waals surface area contributed by atoms with Gasteiger partial charge in [0.05, 0.1) is 17.1 Å². The summed E-state index contributed by atoms with van der Waals surface area (Å²) >= 11 is 0. The van der Waals surface area contributed by atoms with Crippen LogP contribution >= 0.6 is 0 Å². The van der Waals surface area contributed by atoms with E-state index in [9.17, 15) is 0 Å². The van der Waals surface area contributed by atoms with Gasteiger partial charge in [-0.05, 0) is 142 Å². The summed E-state index contributed by atoms with van der Waals surface area (Å²) in [6.07, 6.45) is 8.76. The van der Waals surface area contributed by atoms with Gasteiger partial charge in [0.15, 0.2) is 24.2 Å². The summed E-state index contributed by atoms with van der Waals surface area (Å²) in [7, 11) is -10.5. The molecule has 0 aliphatic carbocycles. The van der Waals surface area contributed by atoms with Gasteiger partial charge in [-0.1, -0.05) is 346 Å². The van der Waals surface area contributed by atoms with Crippen LogP contribution in [0.1, 0.15) is 6.92 Å². The zero-order chi connectivity index (χ0) is 68.9. The van der Waals surface area contributed by atoms with Gasteiger partial charge < -0.3 is 28.6 Å². The van der Waals surface area contributed by atoms with Gasteiger partial charge in [-0.15, -0.1) is 0 Å². The van der Waals surface area contributed by atoms with Gasteiger partial charge in [0, 0.05) is 34.1 Å². The van der Waals surface area contributed by atoms with Crippen LogP contribution in [0.25, 0.3) is 0 Å². The first-order valence-electron chi connectivity index (χ1n) is 35.8. The van der Waals surface area contributed by atoms with E-state index >= 15 is 0 Å². The molecule has 0 unspecified atom stereocenters. The Morgan fingerprint density at radius 3 is 0.767 bits per heavy atom. The second-order valence-electron chi connectivity index (χ2n) is 27.0. The lowest BCUT2D eigenvalue weighted by molar-refractivity contribution is 1.26. The molecule has 488 valence electrons. The molecule has 18 rings (SSSR count). The fourth-order valence-electron chi connectivity index (χ4n) is 17.9. The number of benzene rings is 14. The molecule has 4 heterocycles. The molecule has 0 amide bonds. The van der Waals surface area contributed by atoms with Gasteiger partial charge >= 0.3 is 21.4 Å². The lowest BCUT2D eigenvalue weighted by Gasteiger charge is -2.51. The molecule has 1 fully saturated rings. The van der Waals surface area contributed by atoms with E-state index in [4.69, 9.17) is 0 Å². The van der Waals surface area contributed by atoms with Crippen LogP contribution in [-0.4, -0.2) is 45.6 Å². The number of allylic oxidation sites excluding steroid dienone is 5. The van der Waals surface area contributed by atoms with Crippen LogP contribution in [0.4, 0.5) is 51.2 Å². The highest BCUT2D eigenvalue weighted by Crippen LogP contribution is 2.57. The number of nitrogens with zero attached hydrogens (tertiary/aromatic N) is 6. The van der Waals surface area contributed by atoms with Gasteiger partial charge in [0.25, 0.3) is 0 Å². The van der Waals surface area contributed by atoms with Crippen LogP contribution in [-0.2, 0) is 0 Å². The molecule has 4 aliphatic rings. The van der Waals surface area contributed by atoms with Crippen molar-refractivity contribution < 1.29 is 0 Å². The second-order valence-corrected chi connectivity index (χ2v) is 38.5. The quantitative estimate of drug-likeness (QED) is 0.0510. The molecule has 0 bridgehead atoms. The SMILES string of the molecule is C=C/C=C(\C=C/C)[Si](c1ccccc1)(c1ccccc1)c1cccc(N2B3N(B4N(B5N3c3ccccc3N5c3cccc([Si](c5ccccc5)(c5ccccc5)c5ccccc5)c3)c3ccccc3N4c3cccc([Si](c4ccccc4)(c4ccccc4)c4ccccc4)c3)c3ccccc32)c1. The lowest BCUT2D eigenvalue weighted by Crippen LogP contribution is -2.83. The Morgan fingerprint density at radius 2 is 0.495 bits per heavy atom. The van der Waals surface area contributed by atoms with Crippen LogP contribution in [0.3, 0.4) is 0 Å². The van der Waals surface area contributed by atoms with Crippen molar-refractivity contribution in [2.75, 3.05) is 28.6 Å². The minimum Gasteiger partial charge on any atom is -0.382 e. The summed E-state index contributed by atoms with van der Waals surface area (Å²) in [5.41, 5.74) is 10.1. The molecule has 0 aromatic heterocycles. The van der Waals surface area contributed by atoms with E-state index in [0.29, 0.717) is 0 Å². The predicted molar refractivity (Wildman–Crippen MR) is 448 cm³/mol. The lowest BCUT2D eigenvalue weighted by atomic mass is 9.55. The van der Waals surface area contributed by atoms with E-state index in [2.05, 4.69) is 449 Å². The third-order valence-electron chi connectivity index (χ3n) is 21.8. The maximum absolute atomic E-state index is 4.38. The third-order valence-corrected chi connectivity index (χ3v) is 36.2. The highest BCUT2D eigenvalue weighted by atomic mass is 28.3. The first-order chi connectivity index (χ1) is 51.1. The molecule has 12 heteroatoms. The second kappa shape index (κ2) is 26.5. The molecule has 0 saturated carbocycles. The maximum Gasteiger partial charge on any atom is 0.489 e. The number of para-hydroxylation sites is 6. The van der Waals surface area contributed by atoms with Gasteiger partial charge in [-0.2, -0.15) is 0 Å². The van der Waals surface area contributed by atoms with Crippen molar-refractivity contribution in [2.24, 2.45) is 0 Å². The van der Waals surface area contributed by atoms with Gasteiger partial charge in [-0.25, -0.2) is 0 Å². The van der Waals surface area contributed by atoms with Crippen molar-refractivity contribution in [1.29, 1.82) is 0 Å².